The number of hydrogen-bond acceptors (Lipinski definition) is 4. The second kappa shape index (κ2) is 7.85. The molecule has 1 aliphatic heterocycles. The van der Waals surface area contributed by atoms with Crippen molar-refractivity contribution in [1.29, 1.82) is 0 Å². The van der Waals surface area contributed by atoms with E-state index in [4.69, 9.17) is 16.0 Å². The first-order valence-corrected chi connectivity index (χ1v) is 9.81. The van der Waals surface area contributed by atoms with Gasteiger partial charge < -0.3 is 4.42 Å². The van der Waals surface area contributed by atoms with E-state index in [-0.39, 0.29) is 16.2 Å². The molecule has 0 unspecified atom stereocenters. The highest BCUT2D eigenvalue weighted by atomic mass is 35.5. The number of imide groups is 1. The van der Waals surface area contributed by atoms with Crippen LogP contribution in [0.1, 0.15) is 11.3 Å². The number of halogens is 3. The summed E-state index contributed by atoms with van der Waals surface area (Å²) < 4.78 is 32.9. The first-order valence-electron chi connectivity index (χ1n) is 8.45. The fraction of sp³-hybridized carbons (Fsp3) is 0.0476. The molecule has 0 aliphatic carbocycles. The van der Waals surface area contributed by atoms with E-state index in [9.17, 15) is 18.4 Å². The molecule has 1 aromatic heterocycles. The predicted molar refractivity (Wildman–Crippen MR) is 107 cm³/mol. The number of nitrogens with zero attached hydrogens (tertiary/aromatic N) is 1. The second-order valence-electron chi connectivity index (χ2n) is 6.12. The van der Waals surface area contributed by atoms with Gasteiger partial charge in [-0.3, -0.25) is 9.59 Å². The van der Waals surface area contributed by atoms with Gasteiger partial charge in [0.1, 0.15) is 17.4 Å². The molecule has 29 heavy (non-hydrogen) atoms. The highest BCUT2D eigenvalue weighted by Crippen LogP contribution is 2.40. The number of amides is 2. The third-order valence-electron chi connectivity index (χ3n) is 4.26. The van der Waals surface area contributed by atoms with Crippen molar-refractivity contribution in [2.75, 3.05) is 4.90 Å². The van der Waals surface area contributed by atoms with Gasteiger partial charge in [-0.2, -0.15) is 0 Å². The average molecular weight is 432 g/mol. The molecule has 0 atom stereocenters. The Labute approximate surface area is 173 Å². The molecular formula is C21H12ClF2NO3S. The number of thioether (sulfide) groups is 1. The van der Waals surface area contributed by atoms with Crippen molar-refractivity contribution < 1.29 is 22.8 Å². The Morgan fingerprint density at radius 1 is 1.00 bits per heavy atom. The van der Waals surface area contributed by atoms with Gasteiger partial charge in [0.25, 0.3) is 11.8 Å². The fourth-order valence-corrected chi connectivity index (χ4v) is 4.08. The number of anilines is 1. The van der Waals surface area contributed by atoms with Crippen LogP contribution >= 0.6 is 23.4 Å². The Kier molecular flexibility index (Phi) is 5.25. The topological polar surface area (TPSA) is 50.5 Å². The van der Waals surface area contributed by atoms with Gasteiger partial charge in [-0.1, -0.05) is 23.7 Å². The fourth-order valence-electron chi connectivity index (χ4n) is 2.93. The van der Waals surface area contributed by atoms with Crippen LogP contribution in [0.25, 0.3) is 5.57 Å². The molecule has 0 fully saturated rings. The van der Waals surface area contributed by atoms with Gasteiger partial charge in [-0.05, 0) is 42.0 Å². The molecule has 2 heterocycles. The lowest BCUT2D eigenvalue weighted by Gasteiger charge is -2.16. The van der Waals surface area contributed by atoms with E-state index in [0.29, 0.717) is 28.2 Å². The molecule has 4 rings (SSSR count). The second-order valence-corrected chi connectivity index (χ2v) is 7.54. The van der Waals surface area contributed by atoms with Crippen LogP contribution in [0.2, 0.25) is 5.02 Å². The van der Waals surface area contributed by atoms with Gasteiger partial charge >= 0.3 is 0 Å². The summed E-state index contributed by atoms with van der Waals surface area (Å²) >= 11 is 7.04. The minimum Gasteiger partial charge on any atom is -0.468 e. The standard InChI is InChI=1S/C21H12ClF2NO3S/c22-13-5-3-12(4-6-13)18-19(29-11-15-2-1-9-28-15)21(27)25(20(18)26)17-8-7-14(23)10-16(17)24/h1-10H,11H2. The van der Waals surface area contributed by atoms with Crippen LogP contribution in [-0.4, -0.2) is 11.8 Å². The third-order valence-corrected chi connectivity index (χ3v) is 5.61. The summed E-state index contributed by atoms with van der Waals surface area (Å²) in [6, 6.07) is 12.6. The number of rotatable bonds is 5. The molecular weight excluding hydrogens is 420 g/mol. The molecule has 0 radical (unpaired) electrons. The Hall–Kier alpha value is -2.90. The molecule has 146 valence electrons. The lowest BCUT2D eigenvalue weighted by Crippen LogP contribution is -2.32. The van der Waals surface area contributed by atoms with E-state index < -0.39 is 23.4 Å². The van der Waals surface area contributed by atoms with Crippen molar-refractivity contribution in [3.63, 3.8) is 0 Å². The molecule has 4 nitrogen and oxygen atoms in total. The first kappa shape index (κ1) is 19.4. The van der Waals surface area contributed by atoms with Crippen molar-refractivity contribution in [3.05, 3.63) is 93.7 Å². The quantitative estimate of drug-likeness (QED) is 0.505. The molecule has 0 bridgehead atoms. The zero-order valence-electron chi connectivity index (χ0n) is 14.7. The molecule has 2 amide bonds. The van der Waals surface area contributed by atoms with Crippen LogP contribution in [0.5, 0.6) is 0 Å². The largest absolute Gasteiger partial charge is 0.468 e. The Balaban J connectivity index is 1.77. The zero-order valence-corrected chi connectivity index (χ0v) is 16.3. The van der Waals surface area contributed by atoms with Crippen LogP contribution in [0.15, 0.2) is 70.2 Å². The maximum Gasteiger partial charge on any atom is 0.272 e. The van der Waals surface area contributed by atoms with Gasteiger partial charge in [-0.15, -0.1) is 11.8 Å². The van der Waals surface area contributed by atoms with Crippen LogP contribution in [0.3, 0.4) is 0 Å². The van der Waals surface area contributed by atoms with E-state index in [1.807, 2.05) is 0 Å². The van der Waals surface area contributed by atoms with Crippen LogP contribution in [0, 0.1) is 11.6 Å². The summed E-state index contributed by atoms with van der Waals surface area (Å²) in [5.74, 6) is -2.25. The minimum atomic E-state index is -1.00. The van der Waals surface area contributed by atoms with Crippen molar-refractivity contribution in [2.45, 2.75) is 5.75 Å². The summed E-state index contributed by atoms with van der Waals surface area (Å²) in [5, 5.41) is 0.470. The number of benzene rings is 2. The van der Waals surface area contributed by atoms with E-state index >= 15 is 0 Å². The maximum absolute atomic E-state index is 14.3. The number of carbonyl (C=O) groups excluding carboxylic acids is 2. The molecule has 3 aromatic rings. The molecule has 2 aromatic carbocycles. The Bertz CT molecular complexity index is 1130. The average Bonchev–Trinajstić information content (AvgIpc) is 3.28. The summed E-state index contributed by atoms with van der Waals surface area (Å²) in [6.07, 6.45) is 1.51. The van der Waals surface area contributed by atoms with Gasteiger partial charge in [-0.25, -0.2) is 13.7 Å². The van der Waals surface area contributed by atoms with E-state index in [1.165, 1.54) is 6.26 Å². The number of carbonyl (C=O) groups is 2. The van der Waals surface area contributed by atoms with Crippen molar-refractivity contribution >= 4 is 46.4 Å². The Morgan fingerprint density at radius 3 is 2.41 bits per heavy atom. The molecule has 8 heteroatoms. The predicted octanol–water partition coefficient (Wildman–Crippen LogP) is 5.43. The van der Waals surface area contributed by atoms with Gasteiger partial charge in [0, 0.05) is 11.1 Å². The molecule has 0 N–H and O–H groups in total. The van der Waals surface area contributed by atoms with Gasteiger partial charge in [0.15, 0.2) is 0 Å². The van der Waals surface area contributed by atoms with Crippen LogP contribution < -0.4 is 4.90 Å². The lowest BCUT2D eigenvalue weighted by atomic mass is 10.1. The van der Waals surface area contributed by atoms with Crippen LogP contribution in [0.4, 0.5) is 14.5 Å². The minimum absolute atomic E-state index is 0.131. The highest BCUT2D eigenvalue weighted by Gasteiger charge is 2.41. The zero-order chi connectivity index (χ0) is 20.5. The molecule has 0 saturated heterocycles. The summed E-state index contributed by atoms with van der Waals surface area (Å²) in [5.41, 5.74) is 0.299. The summed E-state index contributed by atoms with van der Waals surface area (Å²) in [7, 11) is 0. The molecule has 1 aliphatic rings. The van der Waals surface area contributed by atoms with Crippen molar-refractivity contribution in [2.24, 2.45) is 0 Å². The monoisotopic (exact) mass is 431 g/mol. The van der Waals surface area contributed by atoms with E-state index in [0.717, 1.165) is 28.8 Å². The van der Waals surface area contributed by atoms with Gasteiger partial charge in [0.05, 0.1) is 28.2 Å². The SMILES string of the molecule is O=C1C(SCc2ccco2)=C(c2ccc(Cl)cc2)C(=O)N1c1ccc(F)cc1F. The van der Waals surface area contributed by atoms with E-state index in [1.54, 1.807) is 36.4 Å². The first-order chi connectivity index (χ1) is 14.0. The van der Waals surface area contributed by atoms with Crippen LogP contribution in [-0.2, 0) is 15.3 Å². The highest BCUT2D eigenvalue weighted by molar-refractivity contribution is 8.03. The van der Waals surface area contributed by atoms with Crippen molar-refractivity contribution in [3.8, 4) is 0 Å². The summed E-state index contributed by atoms with van der Waals surface area (Å²) in [6.45, 7) is 0. The van der Waals surface area contributed by atoms with E-state index in [2.05, 4.69) is 0 Å². The smallest absolute Gasteiger partial charge is 0.272 e. The number of furan rings is 1. The lowest BCUT2D eigenvalue weighted by molar-refractivity contribution is -0.119. The Morgan fingerprint density at radius 2 is 1.76 bits per heavy atom. The molecule has 0 saturated carbocycles. The molecule has 0 spiro atoms. The number of hydrogen-bond donors (Lipinski definition) is 0. The van der Waals surface area contributed by atoms with Gasteiger partial charge in [0.2, 0.25) is 0 Å². The summed E-state index contributed by atoms with van der Waals surface area (Å²) in [4.78, 5) is 27.1. The third kappa shape index (κ3) is 3.71. The maximum atomic E-state index is 14.3. The van der Waals surface area contributed by atoms with Crippen molar-refractivity contribution in [1.82, 2.24) is 0 Å². The normalized spacial score (nSPS) is 14.2.